The summed E-state index contributed by atoms with van der Waals surface area (Å²) in [5.41, 5.74) is -3.40. The van der Waals surface area contributed by atoms with Crippen molar-refractivity contribution in [3.8, 4) is 5.75 Å². The number of likely N-dealkylation sites (tertiary alicyclic amines) is 1. The van der Waals surface area contributed by atoms with E-state index in [2.05, 4.69) is 4.90 Å². The number of aliphatic hydroxyl groups excluding tert-OH is 2. The summed E-state index contributed by atoms with van der Waals surface area (Å²) < 4.78 is 5.96. The lowest BCUT2D eigenvalue weighted by atomic mass is 9.54. The largest absolute Gasteiger partial charge is 0.508 e. The fraction of sp³-hybridized carbons (Fsp3) is 0.600. The Hall–Kier alpha value is -3.54. The highest BCUT2D eigenvalue weighted by atomic mass is 16.5. The SMILES string of the molecule is CCC(=O)O[C@H]1[C@@H]2C(=C(O)c3c(ccc(C(C)(C)C)c3O)[C@@H]2C)C(=O)[C@]2(O)C(O)=C(C(=O)CCN3CCCC3)C(=O)[C@H](N(C)C)[C@@H]12. The molecular weight excluding hydrogens is 592 g/mol. The molecule has 46 heavy (non-hydrogen) atoms. The number of fused-ring (bicyclic) bond motifs is 3. The molecule has 0 unspecified atom stereocenters. The van der Waals surface area contributed by atoms with E-state index in [1.807, 2.05) is 20.8 Å². The number of Topliss-reactive ketones (excluding diaryl/α,β-unsaturated/α-hetero) is 3. The summed E-state index contributed by atoms with van der Waals surface area (Å²) in [7, 11) is 3.10. The van der Waals surface area contributed by atoms with Crippen molar-refractivity contribution in [1.29, 1.82) is 0 Å². The van der Waals surface area contributed by atoms with Crippen LogP contribution < -0.4 is 0 Å². The summed E-state index contributed by atoms with van der Waals surface area (Å²) in [6, 6.07) is 2.17. The van der Waals surface area contributed by atoms with Crippen LogP contribution in [-0.4, -0.2) is 105 Å². The third kappa shape index (κ3) is 5.07. The number of likely N-dealkylation sites (N-methyl/N-ethyl adjacent to an activating group) is 1. The van der Waals surface area contributed by atoms with Crippen molar-refractivity contribution in [2.45, 2.75) is 89.4 Å². The highest BCUT2D eigenvalue weighted by Crippen LogP contribution is 2.57. The summed E-state index contributed by atoms with van der Waals surface area (Å²) >= 11 is 0. The van der Waals surface area contributed by atoms with Crippen LogP contribution in [0.25, 0.3) is 5.76 Å². The highest BCUT2D eigenvalue weighted by Gasteiger charge is 2.69. The van der Waals surface area contributed by atoms with Crippen LogP contribution in [-0.2, 0) is 29.3 Å². The van der Waals surface area contributed by atoms with E-state index < -0.39 is 81.3 Å². The Morgan fingerprint density at radius 3 is 2.28 bits per heavy atom. The van der Waals surface area contributed by atoms with E-state index in [1.54, 1.807) is 40.1 Å². The molecule has 4 aliphatic rings. The summed E-state index contributed by atoms with van der Waals surface area (Å²) in [5, 5.41) is 47.4. The fourth-order valence-electron chi connectivity index (χ4n) is 7.99. The number of carbonyl (C=O) groups excluding carboxylic acids is 4. The second-order valence-electron chi connectivity index (χ2n) is 14.4. The molecule has 11 nitrogen and oxygen atoms in total. The molecule has 0 aromatic heterocycles. The second-order valence-corrected chi connectivity index (χ2v) is 14.4. The van der Waals surface area contributed by atoms with Crippen LogP contribution in [0.1, 0.15) is 82.9 Å². The first-order valence-electron chi connectivity index (χ1n) is 16.1. The molecule has 250 valence electrons. The Labute approximate surface area is 269 Å². The topological polar surface area (TPSA) is 165 Å². The lowest BCUT2D eigenvalue weighted by Gasteiger charge is -2.54. The molecule has 4 N–H and O–H groups in total. The minimum absolute atomic E-state index is 0.0172. The van der Waals surface area contributed by atoms with E-state index >= 15 is 0 Å². The van der Waals surface area contributed by atoms with Crippen LogP contribution in [0.15, 0.2) is 29.0 Å². The molecule has 0 spiro atoms. The molecule has 1 saturated carbocycles. The molecule has 5 rings (SSSR count). The Balaban J connectivity index is 1.76. The van der Waals surface area contributed by atoms with E-state index in [1.165, 1.54) is 4.90 Å². The van der Waals surface area contributed by atoms with Gasteiger partial charge in [-0.25, -0.2) is 0 Å². The standard InChI is InChI=1S/C35H46N2O9/c1-8-21(39)46-31-22-17(2)18-11-12-19(34(3,4)5)28(40)23(18)29(41)25(22)33(44)35(45)26(31)27(36(6)7)30(42)24(32(35)43)20(38)13-16-37-14-9-10-15-37/h11-12,17,22,26-27,31,40-41,43,45H,8-10,13-16H2,1-7H3/t17-,22-,26-,27+,31-,35+/m0/s1. The number of aromatic hydroxyl groups is 1. The van der Waals surface area contributed by atoms with Crippen molar-refractivity contribution in [3.05, 3.63) is 45.7 Å². The van der Waals surface area contributed by atoms with Crippen molar-refractivity contribution in [3.63, 3.8) is 0 Å². The number of nitrogens with zero attached hydrogens (tertiary/aromatic N) is 2. The quantitative estimate of drug-likeness (QED) is 0.256. The molecule has 1 heterocycles. The Morgan fingerprint density at radius 2 is 1.72 bits per heavy atom. The Kier molecular flexibility index (Phi) is 8.76. The van der Waals surface area contributed by atoms with Crippen LogP contribution in [0.3, 0.4) is 0 Å². The number of phenolic OH excluding ortho intramolecular Hbond substituents is 1. The van der Waals surface area contributed by atoms with Gasteiger partial charge in [-0.3, -0.25) is 24.1 Å². The molecule has 1 aliphatic heterocycles. The summed E-state index contributed by atoms with van der Waals surface area (Å²) in [4.78, 5) is 58.9. The van der Waals surface area contributed by atoms with Gasteiger partial charge in [-0.2, -0.15) is 0 Å². The molecule has 6 atom stereocenters. The molecule has 1 saturated heterocycles. The highest BCUT2D eigenvalue weighted by molar-refractivity contribution is 6.25. The van der Waals surface area contributed by atoms with Crippen LogP contribution in [0.5, 0.6) is 5.75 Å². The Bertz CT molecular complexity index is 1550. The van der Waals surface area contributed by atoms with E-state index in [4.69, 9.17) is 4.74 Å². The van der Waals surface area contributed by atoms with E-state index in [0.717, 1.165) is 25.9 Å². The zero-order chi connectivity index (χ0) is 34.0. The zero-order valence-corrected chi connectivity index (χ0v) is 27.7. The monoisotopic (exact) mass is 638 g/mol. The number of rotatable bonds is 7. The number of benzene rings is 1. The van der Waals surface area contributed by atoms with Gasteiger partial charge in [0.25, 0.3) is 0 Å². The number of hydrogen-bond donors (Lipinski definition) is 4. The van der Waals surface area contributed by atoms with Crippen LogP contribution in [0, 0.1) is 11.8 Å². The fourth-order valence-corrected chi connectivity index (χ4v) is 7.99. The first-order valence-corrected chi connectivity index (χ1v) is 16.1. The maximum Gasteiger partial charge on any atom is 0.305 e. The summed E-state index contributed by atoms with van der Waals surface area (Å²) in [6.07, 6.45) is 0.437. The number of esters is 1. The van der Waals surface area contributed by atoms with Crippen molar-refractivity contribution in [2.75, 3.05) is 33.7 Å². The third-order valence-corrected chi connectivity index (χ3v) is 10.4. The van der Waals surface area contributed by atoms with Gasteiger partial charge in [0.15, 0.2) is 17.2 Å². The molecule has 2 fully saturated rings. The molecule has 11 heteroatoms. The van der Waals surface area contributed by atoms with E-state index in [0.29, 0.717) is 17.7 Å². The number of hydrogen-bond acceptors (Lipinski definition) is 11. The molecule has 0 radical (unpaired) electrons. The molecule has 3 aliphatic carbocycles. The van der Waals surface area contributed by atoms with Gasteiger partial charge < -0.3 is 30.1 Å². The van der Waals surface area contributed by atoms with Crippen molar-refractivity contribution in [2.24, 2.45) is 11.8 Å². The smallest absolute Gasteiger partial charge is 0.305 e. The number of ether oxygens (including phenoxy) is 1. The van der Waals surface area contributed by atoms with Gasteiger partial charge in [-0.05, 0) is 56.9 Å². The predicted octanol–water partition coefficient (Wildman–Crippen LogP) is 3.32. The molecule has 0 amide bonds. The third-order valence-electron chi connectivity index (χ3n) is 10.4. The molecule has 1 aromatic rings. The van der Waals surface area contributed by atoms with Gasteiger partial charge in [0.1, 0.15) is 28.9 Å². The van der Waals surface area contributed by atoms with Gasteiger partial charge in [0.05, 0.1) is 17.5 Å². The predicted molar refractivity (Wildman–Crippen MR) is 169 cm³/mol. The van der Waals surface area contributed by atoms with Crippen LogP contribution in [0.2, 0.25) is 0 Å². The number of phenols is 1. The maximum atomic E-state index is 14.7. The van der Waals surface area contributed by atoms with E-state index in [9.17, 15) is 39.6 Å². The van der Waals surface area contributed by atoms with Crippen molar-refractivity contribution < 1.29 is 44.3 Å². The van der Waals surface area contributed by atoms with Gasteiger partial charge >= 0.3 is 5.97 Å². The average molecular weight is 639 g/mol. The molecule has 0 bridgehead atoms. The minimum Gasteiger partial charge on any atom is -0.508 e. The summed E-state index contributed by atoms with van der Waals surface area (Å²) in [5.74, 6) is -8.40. The first-order chi connectivity index (χ1) is 21.5. The number of ketones is 3. The van der Waals surface area contributed by atoms with Crippen LogP contribution >= 0.6 is 0 Å². The van der Waals surface area contributed by atoms with Gasteiger partial charge in [-0.15, -0.1) is 0 Å². The average Bonchev–Trinajstić information content (AvgIpc) is 3.50. The van der Waals surface area contributed by atoms with E-state index in [-0.39, 0.29) is 29.7 Å². The van der Waals surface area contributed by atoms with Crippen molar-refractivity contribution >= 4 is 29.1 Å². The first kappa shape index (κ1) is 33.8. The van der Waals surface area contributed by atoms with Gasteiger partial charge in [-0.1, -0.05) is 46.8 Å². The van der Waals surface area contributed by atoms with Gasteiger partial charge in [0.2, 0.25) is 5.78 Å². The molecule has 1 aromatic carbocycles. The lowest BCUT2D eigenvalue weighted by molar-refractivity contribution is -0.185. The number of aliphatic hydroxyl groups is 3. The lowest BCUT2D eigenvalue weighted by Crippen LogP contribution is -2.70. The maximum absolute atomic E-state index is 14.7. The number of carbonyl (C=O) groups is 4. The summed E-state index contributed by atoms with van der Waals surface area (Å²) in [6.45, 7) is 11.0. The Morgan fingerprint density at radius 1 is 1.09 bits per heavy atom. The van der Waals surface area contributed by atoms with Gasteiger partial charge in [0, 0.05) is 36.4 Å². The van der Waals surface area contributed by atoms with Crippen molar-refractivity contribution in [1.82, 2.24) is 9.80 Å². The second kappa shape index (κ2) is 11.9. The van der Waals surface area contributed by atoms with Crippen LogP contribution in [0.4, 0.5) is 0 Å². The minimum atomic E-state index is -2.89. The zero-order valence-electron chi connectivity index (χ0n) is 27.7. The molecular formula is C35H46N2O9. The normalized spacial score (nSPS) is 30.0.